The molecule has 1 aromatic heterocycles. The standard InChI is InChI=1S/C22H30N4O2/c1-3-23-22(25-12-9-19-6-4-5-11-24-19)26-15-18-8-7-17(2)14-21(18)28-20-10-13-27-16-20/h4-8,11,14,20H,3,9-10,12-13,15-16H2,1-2H3,(H2,23,25,26). The molecule has 0 radical (unpaired) electrons. The second kappa shape index (κ2) is 10.7. The Morgan fingerprint density at radius 3 is 2.96 bits per heavy atom. The van der Waals surface area contributed by atoms with E-state index < -0.39 is 0 Å². The molecule has 1 aliphatic rings. The minimum absolute atomic E-state index is 0.134. The summed E-state index contributed by atoms with van der Waals surface area (Å²) in [4.78, 5) is 9.10. The van der Waals surface area contributed by atoms with Gasteiger partial charge in [-0.05, 0) is 37.6 Å². The Kier molecular flexibility index (Phi) is 7.67. The summed E-state index contributed by atoms with van der Waals surface area (Å²) in [5.74, 6) is 1.71. The zero-order valence-electron chi connectivity index (χ0n) is 16.8. The first-order valence-electron chi connectivity index (χ1n) is 10.0. The van der Waals surface area contributed by atoms with Crippen molar-refractivity contribution in [3.8, 4) is 5.75 Å². The number of benzene rings is 1. The number of aryl methyl sites for hydroxylation is 1. The van der Waals surface area contributed by atoms with E-state index in [-0.39, 0.29) is 6.10 Å². The summed E-state index contributed by atoms with van der Waals surface area (Å²) in [6.07, 6.45) is 3.75. The van der Waals surface area contributed by atoms with Crippen LogP contribution in [0.25, 0.3) is 0 Å². The molecule has 1 atom stereocenters. The van der Waals surface area contributed by atoms with Gasteiger partial charge in [0.05, 0.1) is 19.8 Å². The third-order valence-electron chi connectivity index (χ3n) is 4.56. The van der Waals surface area contributed by atoms with Gasteiger partial charge in [0.25, 0.3) is 0 Å². The largest absolute Gasteiger partial charge is 0.488 e. The fourth-order valence-electron chi connectivity index (χ4n) is 3.05. The Balaban J connectivity index is 1.61. The minimum Gasteiger partial charge on any atom is -0.488 e. The lowest BCUT2D eigenvalue weighted by atomic mass is 10.1. The summed E-state index contributed by atoms with van der Waals surface area (Å²) in [7, 11) is 0. The van der Waals surface area contributed by atoms with Crippen molar-refractivity contribution in [1.82, 2.24) is 15.6 Å². The third-order valence-corrected chi connectivity index (χ3v) is 4.56. The highest BCUT2D eigenvalue weighted by molar-refractivity contribution is 5.79. The van der Waals surface area contributed by atoms with Gasteiger partial charge in [0.1, 0.15) is 11.9 Å². The van der Waals surface area contributed by atoms with Gasteiger partial charge in [-0.2, -0.15) is 0 Å². The van der Waals surface area contributed by atoms with Gasteiger partial charge in [-0.1, -0.05) is 18.2 Å². The average Bonchev–Trinajstić information content (AvgIpc) is 3.21. The number of aromatic nitrogens is 1. The summed E-state index contributed by atoms with van der Waals surface area (Å²) in [6, 6.07) is 12.3. The Labute approximate surface area is 167 Å². The normalized spacial score (nSPS) is 16.8. The first-order valence-corrected chi connectivity index (χ1v) is 10.0. The maximum atomic E-state index is 6.18. The van der Waals surface area contributed by atoms with Crippen molar-refractivity contribution in [2.24, 2.45) is 4.99 Å². The zero-order valence-corrected chi connectivity index (χ0v) is 16.8. The molecule has 1 unspecified atom stereocenters. The number of nitrogens with zero attached hydrogens (tertiary/aromatic N) is 2. The number of hydrogen-bond acceptors (Lipinski definition) is 4. The smallest absolute Gasteiger partial charge is 0.191 e. The molecule has 0 bridgehead atoms. The number of ether oxygens (including phenoxy) is 2. The molecule has 150 valence electrons. The number of nitrogens with one attached hydrogen (secondary N) is 2. The fourth-order valence-corrected chi connectivity index (χ4v) is 3.05. The first kappa shape index (κ1) is 20.1. The van der Waals surface area contributed by atoms with Crippen LogP contribution < -0.4 is 15.4 Å². The number of hydrogen-bond donors (Lipinski definition) is 2. The van der Waals surface area contributed by atoms with Crippen LogP contribution in [-0.2, 0) is 17.7 Å². The van der Waals surface area contributed by atoms with E-state index in [1.165, 1.54) is 5.56 Å². The average molecular weight is 383 g/mol. The number of guanidine groups is 1. The molecule has 2 N–H and O–H groups in total. The van der Waals surface area contributed by atoms with Crippen LogP contribution in [0, 0.1) is 6.92 Å². The highest BCUT2D eigenvalue weighted by Crippen LogP contribution is 2.24. The van der Waals surface area contributed by atoms with Gasteiger partial charge < -0.3 is 20.1 Å². The summed E-state index contributed by atoms with van der Waals surface area (Å²) in [5.41, 5.74) is 3.33. The van der Waals surface area contributed by atoms with E-state index in [9.17, 15) is 0 Å². The van der Waals surface area contributed by atoms with Crippen LogP contribution in [0.5, 0.6) is 5.75 Å². The van der Waals surface area contributed by atoms with E-state index in [1.807, 2.05) is 24.4 Å². The molecule has 0 spiro atoms. The number of rotatable bonds is 8. The van der Waals surface area contributed by atoms with Gasteiger partial charge >= 0.3 is 0 Å². The molecule has 0 aliphatic carbocycles. The number of pyridine rings is 1. The lowest BCUT2D eigenvalue weighted by Gasteiger charge is -2.16. The number of aliphatic imine (C=N–C) groups is 1. The van der Waals surface area contributed by atoms with Crippen molar-refractivity contribution in [2.45, 2.75) is 39.3 Å². The molecule has 1 saturated heterocycles. The summed E-state index contributed by atoms with van der Waals surface area (Å²) < 4.78 is 11.6. The molecule has 0 amide bonds. The van der Waals surface area contributed by atoms with Crippen molar-refractivity contribution in [3.05, 3.63) is 59.4 Å². The van der Waals surface area contributed by atoms with Crippen LogP contribution in [0.2, 0.25) is 0 Å². The summed E-state index contributed by atoms with van der Waals surface area (Å²) in [5, 5.41) is 6.68. The van der Waals surface area contributed by atoms with Gasteiger partial charge in [0.2, 0.25) is 0 Å². The van der Waals surface area contributed by atoms with Crippen LogP contribution in [0.15, 0.2) is 47.6 Å². The molecule has 1 aliphatic heterocycles. The fraction of sp³-hybridized carbons (Fsp3) is 0.455. The van der Waals surface area contributed by atoms with E-state index in [4.69, 9.17) is 14.5 Å². The predicted molar refractivity (Wildman–Crippen MR) is 112 cm³/mol. The second-order valence-electron chi connectivity index (χ2n) is 6.91. The Bertz CT molecular complexity index is 758. The van der Waals surface area contributed by atoms with Crippen LogP contribution in [0.3, 0.4) is 0 Å². The molecule has 0 saturated carbocycles. The quantitative estimate of drug-likeness (QED) is 0.543. The molecular formula is C22H30N4O2. The van der Waals surface area contributed by atoms with E-state index in [0.717, 1.165) is 55.5 Å². The highest BCUT2D eigenvalue weighted by Gasteiger charge is 2.18. The molecule has 3 rings (SSSR count). The van der Waals surface area contributed by atoms with Crippen LogP contribution in [0.4, 0.5) is 0 Å². The third kappa shape index (κ3) is 6.23. The Morgan fingerprint density at radius 1 is 1.29 bits per heavy atom. The molecule has 2 aromatic rings. The molecule has 6 nitrogen and oxygen atoms in total. The predicted octanol–water partition coefficient (Wildman–Crippen LogP) is 2.86. The Morgan fingerprint density at radius 2 is 2.21 bits per heavy atom. The summed E-state index contributed by atoms with van der Waals surface area (Å²) >= 11 is 0. The molecular weight excluding hydrogens is 352 g/mol. The van der Waals surface area contributed by atoms with Crippen molar-refractivity contribution in [1.29, 1.82) is 0 Å². The van der Waals surface area contributed by atoms with Crippen LogP contribution in [0.1, 0.15) is 30.2 Å². The van der Waals surface area contributed by atoms with E-state index in [2.05, 4.69) is 47.7 Å². The highest BCUT2D eigenvalue weighted by atomic mass is 16.5. The van der Waals surface area contributed by atoms with Crippen molar-refractivity contribution in [2.75, 3.05) is 26.3 Å². The monoisotopic (exact) mass is 382 g/mol. The zero-order chi connectivity index (χ0) is 19.6. The van der Waals surface area contributed by atoms with E-state index in [0.29, 0.717) is 13.2 Å². The van der Waals surface area contributed by atoms with Crippen LogP contribution >= 0.6 is 0 Å². The summed E-state index contributed by atoms with van der Waals surface area (Å²) in [6.45, 7) is 7.72. The van der Waals surface area contributed by atoms with Gasteiger partial charge in [-0.25, -0.2) is 4.99 Å². The second-order valence-corrected chi connectivity index (χ2v) is 6.91. The van der Waals surface area contributed by atoms with Gasteiger partial charge in [-0.3, -0.25) is 4.98 Å². The maximum Gasteiger partial charge on any atom is 0.191 e. The van der Waals surface area contributed by atoms with Gasteiger partial charge in [-0.15, -0.1) is 0 Å². The van der Waals surface area contributed by atoms with E-state index in [1.54, 1.807) is 0 Å². The van der Waals surface area contributed by atoms with Gasteiger partial charge in [0, 0.05) is 43.4 Å². The molecule has 6 heteroatoms. The molecule has 1 aromatic carbocycles. The Hall–Kier alpha value is -2.60. The van der Waals surface area contributed by atoms with Crippen LogP contribution in [-0.4, -0.2) is 43.4 Å². The molecule has 1 fully saturated rings. The SMILES string of the molecule is CCNC(=NCc1ccc(C)cc1OC1CCOC1)NCCc1ccccn1. The molecule has 2 heterocycles. The first-order chi connectivity index (χ1) is 13.7. The van der Waals surface area contributed by atoms with Crippen molar-refractivity contribution >= 4 is 5.96 Å². The topological polar surface area (TPSA) is 67.8 Å². The lowest BCUT2D eigenvalue weighted by Crippen LogP contribution is -2.38. The minimum atomic E-state index is 0.134. The maximum absolute atomic E-state index is 6.18. The van der Waals surface area contributed by atoms with Crippen molar-refractivity contribution < 1.29 is 9.47 Å². The van der Waals surface area contributed by atoms with Crippen molar-refractivity contribution in [3.63, 3.8) is 0 Å². The van der Waals surface area contributed by atoms with Gasteiger partial charge in [0.15, 0.2) is 5.96 Å². The van der Waals surface area contributed by atoms with E-state index >= 15 is 0 Å². The molecule has 28 heavy (non-hydrogen) atoms. The lowest BCUT2D eigenvalue weighted by molar-refractivity contribution is 0.140.